The van der Waals surface area contributed by atoms with E-state index in [9.17, 15) is 13.6 Å². The van der Waals surface area contributed by atoms with Gasteiger partial charge in [0.15, 0.2) is 0 Å². The van der Waals surface area contributed by atoms with Crippen LogP contribution in [0.15, 0.2) is 36.7 Å². The second-order valence-corrected chi connectivity index (χ2v) is 4.62. The largest absolute Gasteiger partial charge is 0.342 e. The van der Waals surface area contributed by atoms with Gasteiger partial charge in [0, 0.05) is 18.9 Å². The number of nitrogens with one attached hydrogen (secondary N) is 1. The lowest BCUT2D eigenvalue weighted by atomic mass is 10.2. The number of anilines is 2. The molecule has 0 bridgehead atoms. The van der Waals surface area contributed by atoms with E-state index >= 15 is 0 Å². The number of carbonyl (C=O) groups excluding carboxylic acids is 1. The van der Waals surface area contributed by atoms with E-state index in [-0.39, 0.29) is 12.2 Å². The van der Waals surface area contributed by atoms with Crippen molar-refractivity contribution in [3.05, 3.63) is 48.3 Å². The van der Waals surface area contributed by atoms with Gasteiger partial charge in [0.1, 0.15) is 23.4 Å². The summed E-state index contributed by atoms with van der Waals surface area (Å²) < 4.78 is 27.5. The molecule has 2 aromatic rings. The van der Waals surface area contributed by atoms with Crippen LogP contribution in [0.2, 0.25) is 0 Å². The van der Waals surface area contributed by atoms with Crippen LogP contribution in [0.1, 0.15) is 6.42 Å². The Kier molecular flexibility index (Phi) is 3.47. The molecule has 3 rings (SSSR count). The summed E-state index contributed by atoms with van der Waals surface area (Å²) >= 11 is 0. The molecule has 1 aromatic carbocycles. The third-order valence-electron chi connectivity index (χ3n) is 3.28. The lowest BCUT2D eigenvalue weighted by Crippen LogP contribution is -2.34. The average molecular weight is 290 g/mol. The summed E-state index contributed by atoms with van der Waals surface area (Å²) in [6, 6.07) is 4.59. The topological polar surface area (TPSA) is 58.1 Å². The predicted octanol–water partition coefficient (Wildman–Crippen LogP) is 1.97. The Balaban J connectivity index is 1.81. The molecule has 1 amide bonds. The Morgan fingerprint density at radius 3 is 2.48 bits per heavy atom. The average Bonchev–Trinajstić information content (AvgIpc) is 2.82. The van der Waals surface area contributed by atoms with Crippen LogP contribution in [0.25, 0.3) is 0 Å². The van der Waals surface area contributed by atoms with Crippen molar-refractivity contribution >= 4 is 17.5 Å². The highest BCUT2D eigenvalue weighted by Gasteiger charge is 2.35. The van der Waals surface area contributed by atoms with Crippen molar-refractivity contribution in [2.45, 2.75) is 12.5 Å². The first-order valence-corrected chi connectivity index (χ1v) is 6.46. The number of hydrogen-bond acceptors (Lipinski definition) is 4. The van der Waals surface area contributed by atoms with Crippen LogP contribution in [0.4, 0.5) is 20.4 Å². The maximum absolute atomic E-state index is 13.8. The summed E-state index contributed by atoms with van der Waals surface area (Å²) in [5, 5.41) is 2.87. The SMILES string of the molecule is O=C1C(Nc2ncccn2)CCN1c1c(F)cccc1F. The van der Waals surface area contributed by atoms with E-state index in [2.05, 4.69) is 15.3 Å². The van der Waals surface area contributed by atoms with Gasteiger partial charge in [-0.05, 0) is 24.6 Å². The number of halogens is 2. The number of nitrogens with zero attached hydrogens (tertiary/aromatic N) is 3. The summed E-state index contributed by atoms with van der Waals surface area (Å²) in [5.74, 6) is -1.59. The highest BCUT2D eigenvalue weighted by molar-refractivity contribution is 6.01. The van der Waals surface area contributed by atoms with Crippen LogP contribution in [0.5, 0.6) is 0 Å². The first-order valence-electron chi connectivity index (χ1n) is 6.46. The van der Waals surface area contributed by atoms with Crippen LogP contribution in [0.3, 0.4) is 0 Å². The van der Waals surface area contributed by atoms with Crippen molar-refractivity contribution in [2.24, 2.45) is 0 Å². The van der Waals surface area contributed by atoms with E-state index in [0.29, 0.717) is 12.4 Å². The first-order chi connectivity index (χ1) is 10.2. The van der Waals surface area contributed by atoms with Gasteiger partial charge in [0.2, 0.25) is 11.9 Å². The Hall–Kier alpha value is -2.57. The molecular weight excluding hydrogens is 278 g/mol. The minimum Gasteiger partial charge on any atom is -0.342 e. The fourth-order valence-corrected chi connectivity index (χ4v) is 2.31. The third kappa shape index (κ3) is 2.54. The van der Waals surface area contributed by atoms with Gasteiger partial charge < -0.3 is 10.2 Å². The summed E-state index contributed by atoms with van der Waals surface area (Å²) in [5.41, 5.74) is -0.305. The zero-order valence-electron chi connectivity index (χ0n) is 11.0. The minimum atomic E-state index is -0.750. The maximum Gasteiger partial charge on any atom is 0.249 e. The second kappa shape index (κ2) is 5.43. The Bertz CT molecular complexity index is 645. The molecule has 0 spiro atoms. The van der Waals surface area contributed by atoms with E-state index in [1.165, 1.54) is 6.07 Å². The summed E-state index contributed by atoms with van der Waals surface area (Å²) in [4.78, 5) is 21.3. The van der Waals surface area contributed by atoms with Gasteiger partial charge in [-0.25, -0.2) is 18.7 Å². The molecule has 1 aliphatic rings. The van der Waals surface area contributed by atoms with E-state index < -0.39 is 23.6 Å². The Morgan fingerprint density at radius 1 is 1.14 bits per heavy atom. The molecule has 1 N–H and O–H groups in total. The highest BCUT2D eigenvalue weighted by Crippen LogP contribution is 2.28. The number of aromatic nitrogens is 2. The normalized spacial score (nSPS) is 18.1. The Labute approximate surface area is 119 Å². The molecule has 0 aliphatic carbocycles. The van der Waals surface area contributed by atoms with Crippen molar-refractivity contribution in [2.75, 3.05) is 16.8 Å². The van der Waals surface area contributed by atoms with Gasteiger partial charge >= 0.3 is 0 Å². The smallest absolute Gasteiger partial charge is 0.249 e. The minimum absolute atomic E-state index is 0.237. The van der Waals surface area contributed by atoms with Gasteiger partial charge in [-0.1, -0.05) is 6.07 Å². The summed E-state index contributed by atoms with van der Waals surface area (Å²) in [6.45, 7) is 0.237. The molecule has 21 heavy (non-hydrogen) atoms. The van der Waals surface area contributed by atoms with Gasteiger partial charge in [-0.15, -0.1) is 0 Å². The molecule has 1 unspecified atom stereocenters. The van der Waals surface area contributed by atoms with Crippen molar-refractivity contribution in [3.8, 4) is 0 Å². The van der Waals surface area contributed by atoms with Gasteiger partial charge in [-0.2, -0.15) is 0 Å². The van der Waals surface area contributed by atoms with E-state index in [1.54, 1.807) is 18.5 Å². The van der Waals surface area contributed by atoms with Gasteiger partial charge in [0.25, 0.3) is 0 Å². The van der Waals surface area contributed by atoms with Crippen LogP contribution < -0.4 is 10.2 Å². The van der Waals surface area contributed by atoms with Crippen LogP contribution in [0, 0.1) is 11.6 Å². The third-order valence-corrected chi connectivity index (χ3v) is 3.28. The Morgan fingerprint density at radius 2 is 1.81 bits per heavy atom. The van der Waals surface area contributed by atoms with E-state index in [1.807, 2.05) is 0 Å². The fourth-order valence-electron chi connectivity index (χ4n) is 2.31. The molecule has 1 aromatic heterocycles. The molecule has 7 heteroatoms. The predicted molar refractivity (Wildman–Crippen MR) is 72.8 cm³/mol. The molecular formula is C14H12F2N4O. The molecule has 108 valence electrons. The highest BCUT2D eigenvalue weighted by atomic mass is 19.1. The lowest BCUT2D eigenvalue weighted by molar-refractivity contribution is -0.117. The van der Waals surface area contributed by atoms with Crippen LogP contribution >= 0.6 is 0 Å². The molecule has 1 saturated heterocycles. The molecule has 0 saturated carbocycles. The zero-order valence-corrected chi connectivity index (χ0v) is 11.0. The fraction of sp³-hybridized carbons (Fsp3) is 0.214. The number of para-hydroxylation sites is 1. The second-order valence-electron chi connectivity index (χ2n) is 4.62. The van der Waals surface area contributed by atoms with Crippen molar-refractivity contribution in [1.29, 1.82) is 0 Å². The number of amides is 1. The molecule has 1 aliphatic heterocycles. The van der Waals surface area contributed by atoms with E-state index in [4.69, 9.17) is 0 Å². The van der Waals surface area contributed by atoms with Crippen molar-refractivity contribution in [1.82, 2.24) is 9.97 Å². The zero-order chi connectivity index (χ0) is 14.8. The van der Waals surface area contributed by atoms with Gasteiger partial charge in [-0.3, -0.25) is 4.79 Å². The molecule has 5 nitrogen and oxygen atoms in total. The van der Waals surface area contributed by atoms with Crippen LogP contribution in [-0.2, 0) is 4.79 Å². The molecule has 0 radical (unpaired) electrons. The molecule has 2 heterocycles. The lowest BCUT2D eigenvalue weighted by Gasteiger charge is -2.18. The number of carbonyl (C=O) groups is 1. The first kappa shape index (κ1) is 13.4. The van der Waals surface area contributed by atoms with Crippen LogP contribution in [-0.4, -0.2) is 28.5 Å². The number of hydrogen-bond donors (Lipinski definition) is 1. The maximum atomic E-state index is 13.8. The number of benzene rings is 1. The molecule has 1 fully saturated rings. The standard InChI is InChI=1S/C14H12F2N4O/c15-9-3-1-4-10(16)12(9)20-8-5-11(13(20)21)19-14-17-6-2-7-18-14/h1-4,6-7,11H,5,8H2,(H,17,18,19). The molecule has 1 atom stereocenters. The monoisotopic (exact) mass is 290 g/mol. The van der Waals surface area contributed by atoms with Gasteiger partial charge in [0.05, 0.1) is 0 Å². The summed E-state index contributed by atoms with van der Waals surface area (Å²) in [6.07, 6.45) is 3.51. The quantitative estimate of drug-likeness (QED) is 0.939. The van der Waals surface area contributed by atoms with E-state index in [0.717, 1.165) is 17.0 Å². The number of rotatable bonds is 3. The van der Waals surface area contributed by atoms with Crippen molar-refractivity contribution < 1.29 is 13.6 Å². The van der Waals surface area contributed by atoms with Crippen molar-refractivity contribution in [3.63, 3.8) is 0 Å². The summed E-state index contributed by atoms with van der Waals surface area (Å²) in [7, 11) is 0.